The van der Waals surface area contributed by atoms with Crippen molar-refractivity contribution in [1.29, 1.82) is 0 Å². The van der Waals surface area contributed by atoms with Crippen molar-refractivity contribution in [3.05, 3.63) is 0 Å². The molecule has 0 saturated heterocycles. The first-order chi connectivity index (χ1) is 3.56. The maximum atomic E-state index is 9.83. The van der Waals surface area contributed by atoms with Crippen molar-refractivity contribution in [2.45, 2.75) is 0 Å². The van der Waals surface area contributed by atoms with Gasteiger partial charge in [-0.25, -0.2) is 4.57 Å². The van der Waals surface area contributed by atoms with Crippen LogP contribution in [0.1, 0.15) is 0 Å². The van der Waals surface area contributed by atoms with Crippen molar-refractivity contribution in [2.75, 3.05) is 12.4 Å². The Labute approximate surface area is 52.5 Å². The van der Waals surface area contributed by atoms with E-state index < -0.39 is 7.82 Å². The van der Waals surface area contributed by atoms with Gasteiger partial charge in [0.05, 0.1) is 6.61 Å². The predicted molar refractivity (Wildman–Crippen MR) is 31.8 cm³/mol. The van der Waals surface area contributed by atoms with Crippen molar-refractivity contribution in [2.24, 2.45) is 0 Å². The van der Waals surface area contributed by atoms with E-state index in [9.17, 15) is 4.57 Å². The Hall–Kier alpha value is 0.460. The minimum atomic E-state index is -4.23. The molecule has 0 heterocycles. The second-order valence-electron chi connectivity index (χ2n) is 1.05. The highest BCUT2D eigenvalue weighted by atomic mass is 32.1. The molecule has 0 unspecified atom stereocenters. The van der Waals surface area contributed by atoms with E-state index in [1.54, 1.807) is 0 Å². The van der Waals surface area contributed by atoms with Gasteiger partial charge >= 0.3 is 7.82 Å². The molecule has 0 aliphatic carbocycles. The minimum Gasteiger partial charge on any atom is -0.303 e. The van der Waals surface area contributed by atoms with Gasteiger partial charge in [-0.15, -0.1) is 0 Å². The molecule has 0 atom stereocenters. The lowest BCUT2D eigenvalue weighted by molar-refractivity contribution is 0.208. The maximum absolute atomic E-state index is 9.83. The molecule has 6 heteroatoms. The van der Waals surface area contributed by atoms with Gasteiger partial charge in [0.2, 0.25) is 0 Å². The Bertz CT molecular complexity index is 98.2. The van der Waals surface area contributed by atoms with Crippen LogP contribution in [-0.4, -0.2) is 22.1 Å². The van der Waals surface area contributed by atoms with Crippen molar-refractivity contribution in [1.82, 2.24) is 0 Å². The first-order valence-corrected chi connectivity index (χ1v) is 4.03. The maximum Gasteiger partial charge on any atom is 0.469 e. The lowest BCUT2D eigenvalue weighted by Gasteiger charge is -2.00. The Morgan fingerprint density at radius 2 is 2.12 bits per heavy atom. The monoisotopic (exact) mass is 158 g/mol. The van der Waals surface area contributed by atoms with E-state index >= 15 is 0 Å². The van der Waals surface area contributed by atoms with Gasteiger partial charge in [0, 0.05) is 5.75 Å². The van der Waals surface area contributed by atoms with E-state index in [1.165, 1.54) is 0 Å². The number of hydrogen-bond acceptors (Lipinski definition) is 3. The van der Waals surface area contributed by atoms with E-state index in [0.29, 0.717) is 5.75 Å². The summed E-state index contributed by atoms with van der Waals surface area (Å²) < 4.78 is 13.8. The van der Waals surface area contributed by atoms with Gasteiger partial charge in [-0.2, -0.15) is 12.6 Å². The molecule has 0 radical (unpaired) electrons. The van der Waals surface area contributed by atoms with E-state index in [0.717, 1.165) is 0 Å². The van der Waals surface area contributed by atoms with Crippen molar-refractivity contribution in [3.63, 3.8) is 0 Å². The van der Waals surface area contributed by atoms with Crippen LogP contribution in [0, 0.1) is 0 Å². The summed E-state index contributed by atoms with van der Waals surface area (Å²) >= 11 is 3.66. The predicted octanol–water partition coefficient (Wildman–Crippen LogP) is 0.0255. The van der Waals surface area contributed by atoms with Crippen LogP contribution in [0.25, 0.3) is 0 Å². The highest BCUT2D eigenvalue weighted by Gasteiger charge is 2.11. The van der Waals surface area contributed by atoms with Crippen LogP contribution < -0.4 is 0 Å². The average Bonchev–Trinajstić information content (AvgIpc) is 1.59. The SMILES string of the molecule is O=P(O)(O)OCCS. The van der Waals surface area contributed by atoms with Gasteiger partial charge in [-0.1, -0.05) is 0 Å². The number of hydrogen-bond donors (Lipinski definition) is 3. The summed E-state index contributed by atoms with van der Waals surface area (Å²) in [6.07, 6.45) is 0. The van der Waals surface area contributed by atoms with Crippen LogP contribution in [0.5, 0.6) is 0 Å². The molecule has 8 heavy (non-hydrogen) atoms. The number of phosphoric ester groups is 1. The van der Waals surface area contributed by atoms with Gasteiger partial charge in [-0.05, 0) is 0 Å². The Morgan fingerprint density at radius 3 is 2.25 bits per heavy atom. The highest BCUT2D eigenvalue weighted by Crippen LogP contribution is 2.35. The summed E-state index contributed by atoms with van der Waals surface area (Å²) in [4.78, 5) is 16.0. The third-order valence-corrected chi connectivity index (χ3v) is 1.05. The van der Waals surface area contributed by atoms with Crippen LogP contribution in [0.15, 0.2) is 0 Å². The van der Waals surface area contributed by atoms with E-state index in [4.69, 9.17) is 9.79 Å². The third kappa shape index (κ3) is 6.46. The average molecular weight is 158 g/mol. The lowest BCUT2D eigenvalue weighted by Crippen LogP contribution is -1.91. The van der Waals surface area contributed by atoms with Crippen LogP contribution >= 0.6 is 20.5 Å². The Kier molecular flexibility index (Phi) is 3.68. The first kappa shape index (κ1) is 8.46. The summed E-state index contributed by atoms with van der Waals surface area (Å²) in [7, 11) is -4.23. The zero-order valence-electron chi connectivity index (χ0n) is 4.02. The molecule has 0 rings (SSSR count). The van der Waals surface area contributed by atoms with Gasteiger partial charge in [0.25, 0.3) is 0 Å². The first-order valence-electron chi connectivity index (χ1n) is 1.87. The van der Waals surface area contributed by atoms with Gasteiger partial charge in [-0.3, -0.25) is 4.52 Å². The lowest BCUT2D eigenvalue weighted by atomic mass is 10.9. The topological polar surface area (TPSA) is 66.8 Å². The summed E-state index contributed by atoms with van der Waals surface area (Å²) in [5, 5.41) is 0. The molecule has 0 aliphatic rings. The van der Waals surface area contributed by atoms with E-state index in [1.807, 2.05) is 0 Å². The third-order valence-electron chi connectivity index (χ3n) is 0.351. The molecule has 0 bridgehead atoms. The molecule has 0 aliphatic heterocycles. The quantitative estimate of drug-likeness (QED) is 0.400. The standard InChI is InChI=1S/C2H7O4PS/c3-7(4,5)6-1-2-8/h8H,1-2H2,(H2,3,4,5). The smallest absolute Gasteiger partial charge is 0.303 e. The zero-order valence-corrected chi connectivity index (χ0v) is 5.81. The van der Waals surface area contributed by atoms with Crippen molar-refractivity contribution in [3.8, 4) is 0 Å². The van der Waals surface area contributed by atoms with Gasteiger partial charge in [0.1, 0.15) is 0 Å². The van der Waals surface area contributed by atoms with Crippen molar-refractivity contribution < 1.29 is 18.9 Å². The number of thiol groups is 1. The zero-order chi connectivity index (χ0) is 6.62. The van der Waals surface area contributed by atoms with Crippen LogP contribution in [-0.2, 0) is 9.09 Å². The summed E-state index contributed by atoms with van der Waals surface area (Å²) in [6.45, 7) is -0.0204. The van der Waals surface area contributed by atoms with Crippen LogP contribution in [0.4, 0.5) is 0 Å². The Balaban J connectivity index is 3.26. The molecular weight excluding hydrogens is 151 g/mol. The van der Waals surface area contributed by atoms with E-state index in [-0.39, 0.29) is 6.61 Å². The van der Waals surface area contributed by atoms with Crippen molar-refractivity contribution >= 4 is 20.5 Å². The molecule has 4 nitrogen and oxygen atoms in total. The molecule has 0 spiro atoms. The molecule has 0 saturated carbocycles. The fourth-order valence-electron chi connectivity index (χ4n) is 0.160. The fraction of sp³-hybridized carbons (Fsp3) is 1.00. The molecule has 0 fully saturated rings. The molecule has 0 aromatic carbocycles. The van der Waals surface area contributed by atoms with Crippen LogP contribution in [0.3, 0.4) is 0 Å². The normalized spacial score (nSPS) is 11.9. The van der Waals surface area contributed by atoms with Gasteiger partial charge < -0.3 is 9.79 Å². The van der Waals surface area contributed by atoms with Crippen LogP contribution in [0.2, 0.25) is 0 Å². The second-order valence-corrected chi connectivity index (χ2v) is 2.73. The molecule has 0 aromatic rings. The molecule has 0 amide bonds. The van der Waals surface area contributed by atoms with Gasteiger partial charge in [0.15, 0.2) is 0 Å². The largest absolute Gasteiger partial charge is 0.469 e. The summed E-state index contributed by atoms with van der Waals surface area (Å²) in [5.41, 5.74) is 0. The highest BCUT2D eigenvalue weighted by molar-refractivity contribution is 7.80. The number of phosphoric acid groups is 1. The molecule has 2 N–H and O–H groups in total. The summed E-state index contributed by atoms with van der Waals surface area (Å²) in [6, 6.07) is 0. The summed E-state index contributed by atoms with van der Waals surface area (Å²) in [5.74, 6) is 0.311. The second kappa shape index (κ2) is 3.48. The molecule has 50 valence electrons. The number of rotatable bonds is 3. The molecular formula is C2H7O4PS. The van der Waals surface area contributed by atoms with E-state index in [2.05, 4.69) is 17.2 Å². The fourth-order valence-corrected chi connectivity index (χ4v) is 0.724. The Morgan fingerprint density at radius 1 is 1.62 bits per heavy atom. The minimum absolute atomic E-state index is 0.0204. The molecule has 0 aromatic heterocycles.